The molecule has 0 atom stereocenters. The predicted octanol–water partition coefficient (Wildman–Crippen LogP) is 1.91. The van der Waals surface area contributed by atoms with Gasteiger partial charge in [-0.1, -0.05) is 12.1 Å². The van der Waals surface area contributed by atoms with E-state index in [0.717, 1.165) is 5.56 Å². The fourth-order valence-electron chi connectivity index (χ4n) is 1.92. The van der Waals surface area contributed by atoms with Crippen LogP contribution in [0.2, 0.25) is 0 Å². The summed E-state index contributed by atoms with van der Waals surface area (Å²) in [5, 5.41) is 0. The van der Waals surface area contributed by atoms with Gasteiger partial charge in [0.1, 0.15) is 0 Å². The van der Waals surface area contributed by atoms with Gasteiger partial charge in [0.2, 0.25) is 5.91 Å². The number of primary amides is 1. The molecule has 2 rings (SSSR count). The topological polar surface area (TPSA) is 86.2 Å². The average Bonchev–Trinajstić information content (AvgIpc) is 2.37. The standard InChI is InChI=1S/C15H14N2O2/c1-9-5-12(8-13(16)6-9)14(18)10-3-2-4-11(7-10)15(17)19/h2-8H,16H2,1H3,(H2,17,19). The minimum Gasteiger partial charge on any atom is -0.399 e. The fourth-order valence-corrected chi connectivity index (χ4v) is 1.92. The van der Waals surface area contributed by atoms with Crippen molar-refractivity contribution in [3.63, 3.8) is 0 Å². The van der Waals surface area contributed by atoms with E-state index in [2.05, 4.69) is 0 Å². The third kappa shape index (κ3) is 2.80. The minimum absolute atomic E-state index is 0.182. The first-order valence-corrected chi connectivity index (χ1v) is 5.79. The van der Waals surface area contributed by atoms with Gasteiger partial charge in [-0.15, -0.1) is 0 Å². The normalized spacial score (nSPS) is 10.2. The van der Waals surface area contributed by atoms with Gasteiger partial charge in [0.15, 0.2) is 5.78 Å². The van der Waals surface area contributed by atoms with Gasteiger partial charge >= 0.3 is 0 Å². The Labute approximate surface area is 111 Å². The van der Waals surface area contributed by atoms with E-state index in [1.807, 2.05) is 6.92 Å². The van der Waals surface area contributed by atoms with Crippen molar-refractivity contribution in [3.8, 4) is 0 Å². The molecule has 0 saturated heterocycles. The second-order valence-corrected chi connectivity index (χ2v) is 4.41. The maximum Gasteiger partial charge on any atom is 0.248 e. The van der Waals surface area contributed by atoms with Crippen LogP contribution in [0, 0.1) is 6.92 Å². The quantitative estimate of drug-likeness (QED) is 0.648. The summed E-state index contributed by atoms with van der Waals surface area (Å²) < 4.78 is 0. The monoisotopic (exact) mass is 254 g/mol. The van der Waals surface area contributed by atoms with Crippen molar-refractivity contribution in [1.82, 2.24) is 0 Å². The number of rotatable bonds is 3. The summed E-state index contributed by atoms with van der Waals surface area (Å²) in [4.78, 5) is 23.4. The molecule has 0 aliphatic rings. The van der Waals surface area contributed by atoms with Crippen LogP contribution in [0.25, 0.3) is 0 Å². The summed E-state index contributed by atoms with van der Waals surface area (Å²) in [5.41, 5.74) is 13.6. The predicted molar refractivity (Wildman–Crippen MR) is 74.0 cm³/mol. The molecule has 19 heavy (non-hydrogen) atoms. The zero-order valence-corrected chi connectivity index (χ0v) is 10.5. The van der Waals surface area contributed by atoms with Crippen LogP contribution in [0.15, 0.2) is 42.5 Å². The average molecular weight is 254 g/mol. The van der Waals surface area contributed by atoms with Crippen molar-refractivity contribution in [2.45, 2.75) is 6.92 Å². The Morgan fingerprint density at radius 3 is 2.26 bits per heavy atom. The Balaban J connectivity index is 2.44. The van der Waals surface area contributed by atoms with E-state index in [1.165, 1.54) is 6.07 Å². The second-order valence-electron chi connectivity index (χ2n) is 4.41. The molecule has 0 saturated carbocycles. The number of hydrogen-bond donors (Lipinski definition) is 2. The Morgan fingerprint density at radius 2 is 1.63 bits per heavy atom. The minimum atomic E-state index is -0.557. The Morgan fingerprint density at radius 1 is 0.947 bits per heavy atom. The molecule has 0 aliphatic carbocycles. The van der Waals surface area contributed by atoms with E-state index < -0.39 is 5.91 Å². The van der Waals surface area contributed by atoms with Crippen LogP contribution in [0.4, 0.5) is 5.69 Å². The van der Waals surface area contributed by atoms with Crippen molar-refractivity contribution in [1.29, 1.82) is 0 Å². The SMILES string of the molecule is Cc1cc(N)cc(C(=O)c2cccc(C(N)=O)c2)c1. The van der Waals surface area contributed by atoms with E-state index >= 15 is 0 Å². The lowest BCUT2D eigenvalue weighted by Gasteiger charge is -2.05. The van der Waals surface area contributed by atoms with Crippen molar-refractivity contribution in [2.24, 2.45) is 5.73 Å². The highest BCUT2D eigenvalue weighted by Crippen LogP contribution is 2.16. The summed E-state index contributed by atoms with van der Waals surface area (Å²) in [5.74, 6) is -0.739. The summed E-state index contributed by atoms with van der Waals surface area (Å²) in [6.45, 7) is 1.87. The van der Waals surface area contributed by atoms with Crippen LogP contribution in [0.3, 0.4) is 0 Å². The molecule has 1 amide bonds. The number of carbonyl (C=O) groups is 2. The molecule has 0 spiro atoms. The number of nitrogen functional groups attached to an aromatic ring is 1. The van der Waals surface area contributed by atoms with E-state index in [9.17, 15) is 9.59 Å². The molecule has 0 unspecified atom stereocenters. The lowest BCUT2D eigenvalue weighted by molar-refractivity contribution is 0.1000. The molecular formula is C15H14N2O2. The maximum absolute atomic E-state index is 12.3. The van der Waals surface area contributed by atoms with Gasteiger partial charge in [0.25, 0.3) is 0 Å². The van der Waals surface area contributed by atoms with Crippen LogP contribution in [0.5, 0.6) is 0 Å². The first-order chi connectivity index (χ1) is 8.97. The number of nitrogens with two attached hydrogens (primary N) is 2. The zero-order valence-electron chi connectivity index (χ0n) is 10.5. The maximum atomic E-state index is 12.3. The zero-order chi connectivity index (χ0) is 14.0. The third-order valence-electron chi connectivity index (χ3n) is 2.77. The van der Waals surface area contributed by atoms with E-state index in [4.69, 9.17) is 11.5 Å². The second kappa shape index (κ2) is 4.94. The van der Waals surface area contributed by atoms with Crippen LogP contribution in [0.1, 0.15) is 31.8 Å². The number of hydrogen-bond acceptors (Lipinski definition) is 3. The molecular weight excluding hydrogens is 240 g/mol. The molecule has 0 aromatic heterocycles. The van der Waals surface area contributed by atoms with E-state index in [1.54, 1.807) is 36.4 Å². The summed E-state index contributed by atoms with van der Waals surface area (Å²) in [6.07, 6.45) is 0. The Kier molecular flexibility index (Phi) is 3.33. The lowest BCUT2D eigenvalue weighted by atomic mass is 9.99. The Hall–Kier alpha value is -2.62. The number of amides is 1. The van der Waals surface area contributed by atoms with Crippen molar-refractivity contribution >= 4 is 17.4 Å². The molecule has 2 aromatic carbocycles. The highest BCUT2D eigenvalue weighted by atomic mass is 16.1. The molecule has 0 heterocycles. The number of benzene rings is 2. The molecule has 4 N–H and O–H groups in total. The first kappa shape index (κ1) is 12.8. The van der Waals surface area contributed by atoms with E-state index in [-0.39, 0.29) is 5.78 Å². The first-order valence-electron chi connectivity index (χ1n) is 5.79. The Bertz CT molecular complexity index is 643. The molecule has 96 valence electrons. The van der Waals surface area contributed by atoms with Gasteiger partial charge in [0, 0.05) is 22.4 Å². The third-order valence-corrected chi connectivity index (χ3v) is 2.77. The molecule has 0 bridgehead atoms. The number of ketones is 1. The van der Waals surface area contributed by atoms with Gasteiger partial charge < -0.3 is 11.5 Å². The number of aryl methyl sites for hydroxylation is 1. The van der Waals surface area contributed by atoms with Crippen LogP contribution in [-0.4, -0.2) is 11.7 Å². The van der Waals surface area contributed by atoms with Crippen molar-refractivity contribution < 1.29 is 9.59 Å². The molecule has 2 aromatic rings. The summed E-state index contributed by atoms with van der Waals surface area (Å²) >= 11 is 0. The highest BCUT2D eigenvalue weighted by molar-refractivity contribution is 6.10. The summed E-state index contributed by atoms with van der Waals surface area (Å²) in [6, 6.07) is 11.5. The van der Waals surface area contributed by atoms with Crippen LogP contribution < -0.4 is 11.5 Å². The van der Waals surface area contributed by atoms with Crippen LogP contribution >= 0.6 is 0 Å². The van der Waals surface area contributed by atoms with Crippen molar-refractivity contribution in [2.75, 3.05) is 5.73 Å². The molecule has 4 heteroatoms. The molecule has 0 fully saturated rings. The molecule has 4 nitrogen and oxygen atoms in total. The van der Waals surface area contributed by atoms with E-state index in [0.29, 0.717) is 22.4 Å². The van der Waals surface area contributed by atoms with Gasteiger partial charge in [0.05, 0.1) is 0 Å². The fraction of sp³-hybridized carbons (Fsp3) is 0.0667. The van der Waals surface area contributed by atoms with Crippen molar-refractivity contribution in [3.05, 3.63) is 64.7 Å². The van der Waals surface area contributed by atoms with Crippen LogP contribution in [-0.2, 0) is 0 Å². The smallest absolute Gasteiger partial charge is 0.248 e. The van der Waals surface area contributed by atoms with Gasteiger partial charge in [-0.25, -0.2) is 0 Å². The highest BCUT2D eigenvalue weighted by Gasteiger charge is 2.11. The summed E-state index contributed by atoms with van der Waals surface area (Å²) in [7, 11) is 0. The molecule has 0 radical (unpaired) electrons. The van der Waals surface area contributed by atoms with Gasteiger partial charge in [-0.3, -0.25) is 9.59 Å². The van der Waals surface area contributed by atoms with Gasteiger partial charge in [-0.2, -0.15) is 0 Å². The number of carbonyl (C=O) groups excluding carboxylic acids is 2. The molecule has 0 aliphatic heterocycles. The van der Waals surface area contributed by atoms with Gasteiger partial charge in [-0.05, 0) is 42.8 Å². The number of anilines is 1. The largest absolute Gasteiger partial charge is 0.399 e. The lowest BCUT2D eigenvalue weighted by Crippen LogP contribution is -2.12.